The van der Waals surface area contributed by atoms with E-state index >= 15 is 0 Å². The van der Waals surface area contributed by atoms with Gasteiger partial charge in [-0.1, -0.05) is 6.07 Å². The Labute approximate surface area is 99.4 Å². The SMILES string of the molecule is COc1c(C(=O)O)ccc2c(C)c(C)n(C)c12. The molecule has 4 heteroatoms. The van der Waals surface area contributed by atoms with E-state index in [0.29, 0.717) is 5.75 Å². The van der Waals surface area contributed by atoms with Crippen LogP contribution in [0.25, 0.3) is 10.9 Å². The molecule has 90 valence electrons. The van der Waals surface area contributed by atoms with Crippen molar-refractivity contribution in [2.75, 3.05) is 7.11 Å². The lowest BCUT2D eigenvalue weighted by atomic mass is 10.1. The van der Waals surface area contributed by atoms with Crippen LogP contribution in [0.3, 0.4) is 0 Å². The Morgan fingerprint density at radius 1 is 1.35 bits per heavy atom. The van der Waals surface area contributed by atoms with Crippen molar-refractivity contribution >= 4 is 16.9 Å². The molecule has 1 aromatic heterocycles. The maximum Gasteiger partial charge on any atom is 0.339 e. The predicted octanol–water partition coefficient (Wildman–Crippen LogP) is 2.50. The molecule has 2 rings (SSSR count). The van der Waals surface area contributed by atoms with Gasteiger partial charge in [-0.3, -0.25) is 0 Å². The van der Waals surface area contributed by atoms with Crippen LogP contribution in [0, 0.1) is 13.8 Å². The Morgan fingerprint density at radius 2 is 2.00 bits per heavy atom. The van der Waals surface area contributed by atoms with Crippen LogP contribution >= 0.6 is 0 Å². The van der Waals surface area contributed by atoms with Crippen LogP contribution in [0.2, 0.25) is 0 Å². The molecule has 0 aliphatic carbocycles. The van der Waals surface area contributed by atoms with E-state index in [-0.39, 0.29) is 5.56 Å². The van der Waals surface area contributed by atoms with Crippen molar-refractivity contribution in [3.05, 3.63) is 29.0 Å². The van der Waals surface area contributed by atoms with E-state index in [1.54, 1.807) is 6.07 Å². The zero-order valence-corrected chi connectivity index (χ0v) is 10.4. The maximum absolute atomic E-state index is 11.1. The fraction of sp³-hybridized carbons (Fsp3) is 0.308. The van der Waals surface area contributed by atoms with Crippen LogP contribution in [0.5, 0.6) is 5.75 Å². The third-order valence-electron chi connectivity index (χ3n) is 3.35. The lowest BCUT2D eigenvalue weighted by Crippen LogP contribution is -2.02. The molecule has 1 heterocycles. The minimum absolute atomic E-state index is 0.195. The summed E-state index contributed by atoms with van der Waals surface area (Å²) in [6.07, 6.45) is 0. The summed E-state index contributed by atoms with van der Waals surface area (Å²) in [6.45, 7) is 4.03. The quantitative estimate of drug-likeness (QED) is 0.867. The zero-order valence-electron chi connectivity index (χ0n) is 10.4. The topological polar surface area (TPSA) is 51.5 Å². The number of carboxylic acid groups (broad SMARTS) is 1. The highest BCUT2D eigenvalue weighted by atomic mass is 16.5. The molecular formula is C13H15NO3. The van der Waals surface area contributed by atoms with Gasteiger partial charge >= 0.3 is 5.97 Å². The molecular weight excluding hydrogens is 218 g/mol. The number of hydrogen-bond donors (Lipinski definition) is 1. The summed E-state index contributed by atoms with van der Waals surface area (Å²) in [5.41, 5.74) is 3.29. The highest BCUT2D eigenvalue weighted by molar-refractivity contribution is 6.01. The van der Waals surface area contributed by atoms with E-state index in [2.05, 4.69) is 0 Å². The van der Waals surface area contributed by atoms with Gasteiger partial charge in [0.2, 0.25) is 0 Å². The molecule has 0 atom stereocenters. The van der Waals surface area contributed by atoms with Gasteiger partial charge in [-0.15, -0.1) is 0 Å². The number of benzene rings is 1. The van der Waals surface area contributed by atoms with Gasteiger partial charge in [0.25, 0.3) is 0 Å². The van der Waals surface area contributed by atoms with Gasteiger partial charge in [-0.25, -0.2) is 4.79 Å². The number of rotatable bonds is 2. The smallest absolute Gasteiger partial charge is 0.339 e. The van der Waals surface area contributed by atoms with E-state index in [4.69, 9.17) is 9.84 Å². The van der Waals surface area contributed by atoms with E-state index in [1.807, 2.05) is 31.5 Å². The number of carboxylic acids is 1. The summed E-state index contributed by atoms with van der Waals surface area (Å²) >= 11 is 0. The molecule has 0 saturated heterocycles. The average Bonchev–Trinajstić information content (AvgIpc) is 2.53. The molecule has 0 fully saturated rings. The standard InChI is InChI=1S/C13H15NO3/c1-7-8(2)14(3)11-9(7)5-6-10(13(15)16)12(11)17-4/h5-6H,1-4H3,(H,15,16). The number of aromatic nitrogens is 1. The monoisotopic (exact) mass is 233 g/mol. The van der Waals surface area contributed by atoms with Crippen LogP contribution in [0.1, 0.15) is 21.6 Å². The number of ether oxygens (including phenoxy) is 1. The summed E-state index contributed by atoms with van der Waals surface area (Å²) in [5, 5.41) is 10.2. The third-order valence-corrected chi connectivity index (χ3v) is 3.35. The summed E-state index contributed by atoms with van der Waals surface area (Å²) < 4.78 is 7.24. The van der Waals surface area contributed by atoms with Crippen molar-refractivity contribution in [1.82, 2.24) is 4.57 Å². The van der Waals surface area contributed by atoms with Crippen LogP contribution in [-0.2, 0) is 7.05 Å². The highest BCUT2D eigenvalue weighted by Gasteiger charge is 2.19. The number of nitrogens with zero attached hydrogens (tertiary/aromatic N) is 1. The van der Waals surface area contributed by atoms with Gasteiger partial charge in [0, 0.05) is 18.1 Å². The second kappa shape index (κ2) is 3.80. The van der Waals surface area contributed by atoms with Crippen LogP contribution in [-0.4, -0.2) is 22.8 Å². The van der Waals surface area contributed by atoms with Gasteiger partial charge in [0.05, 0.1) is 12.6 Å². The van der Waals surface area contributed by atoms with E-state index in [1.165, 1.54) is 7.11 Å². The first-order chi connectivity index (χ1) is 7.99. The second-order valence-corrected chi connectivity index (χ2v) is 4.12. The lowest BCUT2D eigenvalue weighted by molar-refractivity contribution is 0.0693. The number of hydrogen-bond acceptors (Lipinski definition) is 2. The maximum atomic E-state index is 11.1. The van der Waals surface area contributed by atoms with Gasteiger partial charge in [0.15, 0.2) is 5.75 Å². The number of fused-ring (bicyclic) bond motifs is 1. The first kappa shape index (κ1) is 11.5. The van der Waals surface area contributed by atoms with Gasteiger partial charge in [-0.2, -0.15) is 0 Å². The molecule has 0 saturated carbocycles. The Hall–Kier alpha value is -1.97. The first-order valence-electron chi connectivity index (χ1n) is 5.35. The third kappa shape index (κ3) is 1.48. The molecule has 0 spiro atoms. The molecule has 0 amide bonds. The van der Waals surface area contributed by atoms with E-state index in [0.717, 1.165) is 22.2 Å². The van der Waals surface area contributed by atoms with Crippen LogP contribution < -0.4 is 4.74 Å². The normalized spacial score (nSPS) is 10.8. The van der Waals surface area contributed by atoms with Crippen molar-refractivity contribution in [3.63, 3.8) is 0 Å². The Balaban J connectivity index is 2.96. The Morgan fingerprint density at radius 3 is 2.53 bits per heavy atom. The molecule has 0 aliphatic rings. The van der Waals surface area contributed by atoms with E-state index < -0.39 is 5.97 Å². The highest BCUT2D eigenvalue weighted by Crippen LogP contribution is 2.34. The number of carbonyl (C=O) groups is 1. The van der Waals surface area contributed by atoms with Crippen molar-refractivity contribution in [1.29, 1.82) is 0 Å². The largest absolute Gasteiger partial charge is 0.494 e. The zero-order chi connectivity index (χ0) is 12.7. The molecule has 0 radical (unpaired) electrons. The molecule has 17 heavy (non-hydrogen) atoms. The molecule has 1 N–H and O–H groups in total. The van der Waals surface area contributed by atoms with Gasteiger partial charge in [-0.05, 0) is 25.5 Å². The van der Waals surface area contributed by atoms with Crippen molar-refractivity contribution in [2.45, 2.75) is 13.8 Å². The summed E-state index contributed by atoms with van der Waals surface area (Å²) in [7, 11) is 3.41. The van der Waals surface area contributed by atoms with Crippen LogP contribution in [0.4, 0.5) is 0 Å². The van der Waals surface area contributed by atoms with E-state index in [9.17, 15) is 4.79 Å². The number of aromatic carboxylic acids is 1. The molecule has 0 aliphatic heterocycles. The first-order valence-corrected chi connectivity index (χ1v) is 5.35. The Bertz CT molecular complexity index is 611. The van der Waals surface area contributed by atoms with Crippen molar-refractivity contribution in [3.8, 4) is 5.75 Å². The Kier molecular flexibility index (Phi) is 2.58. The summed E-state index contributed by atoms with van der Waals surface area (Å²) in [4.78, 5) is 11.1. The lowest BCUT2D eigenvalue weighted by Gasteiger charge is -2.08. The van der Waals surface area contributed by atoms with Crippen molar-refractivity contribution < 1.29 is 14.6 Å². The number of methoxy groups -OCH3 is 1. The summed E-state index contributed by atoms with van der Waals surface area (Å²) in [6, 6.07) is 3.43. The summed E-state index contributed by atoms with van der Waals surface area (Å²) in [5.74, 6) is -0.547. The fourth-order valence-corrected chi connectivity index (χ4v) is 2.20. The molecule has 2 aromatic rings. The molecule has 4 nitrogen and oxygen atoms in total. The van der Waals surface area contributed by atoms with Gasteiger partial charge in [0.1, 0.15) is 5.56 Å². The molecule has 0 unspecified atom stereocenters. The van der Waals surface area contributed by atoms with Crippen molar-refractivity contribution in [2.24, 2.45) is 7.05 Å². The fourth-order valence-electron chi connectivity index (χ4n) is 2.20. The number of aryl methyl sites for hydroxylation is 2. The van der Waals surface area contributed by atoms with Crippen LogP contribution in [0.15, 0.2) is 12.1 Å². The minimum Gasteiger partial charge on any atom is -0.494 e. The average molecular weight is 233 g/mol. The predicted molar refractivity (Wildman–Crippen MR) is 65.9 cm³/mol. The molecule has 0 bridgehead atoms. The molecule has 1 aromatic carbocycles. The second-order valence-electron chi connectivity index (χ2n) is 4.12. The van der Waals surface area contributed by atoms with Gasteiger partial charge < -0.3 is 14.4 Å². The minimum atomic E-state index is -0.972.